The van der Waals surface area contributed by atoms with Crippen LogP contribution < -0.4 is 9.47 Å². The maximum absolute atomic E-state index is 12.1. The van der Waals surface area contributed by atoms with Gasteiger partial charge in [-0.15, -0.1) is 0 Å². The molecule has 2 aromatic carbocycles. The average Bonchev–Trinajstić information content (AvgIpc) is 2.72. The van der Waals surface area contributed by atoms with Crippen molar-refractivity contribution in [3.8, 4) is 11.5 Å². The predicted molar refractivity (Wildman–Crippen MR) is 120 cm³/mol. The molecule has 0 bridgehead atoms. The summed E-state index contributed by atoms with van der Waals surface area (Å²) >= 11 is 23.6. The number of hydrogen-bond donors (Lipinski definition) is 0. The molecule has 0 saturated carbocycles. The Morgan fingerprint density at radius 3 is 2.30 bits per heavy atom. The van der Waals surface area contributed by atoms with E-state index in [1.54, 1.807) is 24.3 Å². The number of rotatable bonds is 9. The van der Waals surface area contributed by atoms with Crippen molar-refractivity contribution in [2.45, 2.75) is 6.61 Å². The lowest BCUT2D eigenvalue weighted by Crippen LogP contribution is -2.08. The van der Waals surface area contributed by atoms with Crippen LogP contribution in [0.3, 0.4) is 0 Å². The van der Waals surface area contributed by atoms with Gasteiger partial charge in [0.15, 0.2) is 5.75 Å². The largest absolute Gasteiger partial charge is 0.503 e. The van der Waals surface area contributed by atoms with Crippen LogP contribution in [0.15, 0.2) is 53.2 Å². The van der Waals surface area contributed by atoms with E-state index in [9.17, 15) is 4.79 Å². The Bertz CT molecular complexity index is 929. The normalized spacial score (nSPS) is 10.9. The molecule has 0 radical (unpaired) electrons. The minimum absolute atomic E-state index is 0.0784. The van der Waals surface area contributed by atoms with E-state index in [1.165, 1.54) is 26.6 Å². The molecule has 5 nitrogen and oxygen atoms in total. The predicted octanol–water partition coefficient (Wildman–Crippen LogP) is 6.43. The van der Waals surface area contributed by atoms with E-state index >= 15 is 0 Å². The minimum Gasteiger partial charge on any atom is -0.503 e. The Morgan fingerprint density at radius 2 is 1.70 bits per heavy atom. The summed E-state index contributed by atoms with van der Waals surface area (Å²) in [6.45, 7) is 0.253. The smallest absolute Gasteiger partial charge is 0.341 e. The Balaban J connectivity index is 2.21. The molecule has 0 atom stereocenters. The van der Waals surface area contributed by atoms with Crippen LogP contribution in [0, 0.1) is 0 Å². The number of benzene rings is 2. The van der Waals surface area contributed by atoms with Gasteiger partial charge >= 0.3 is 5.97 Å². The summed E-state index contributed by atoms with van der Waals surface area (Å²) < 4.78 is 21.2. The topological polar surface area (TPSA) is 54.0 Å². The maximum Gasteiger partial charge on any atom is 0.341 e. The highest BCUT2D eigenvalue weighted by atomic mass is 35.5. The molecular formula is C21H18Cl4O5. The standard InChI is InChI=1S/C21H18Cl4O5/c1-27-12-16(21(26)28-2)15-6-4-3-5-13(15)11-30-14-9-17(22)20(18(23)10-14)29-8-7-19(24)25/h3-7,9-10,12H,8,11H2,1-2H3/b16-12+. The molecule has 0 fully saturated rings. The van der Waals surface area contributed by atoms with Crippen molar-refractivity contribution in [1.82, 2.24) is 0 Å². The van der Waals surface area contributed by atoms with Gasteiger partial charge in [-0.25, -0.2) is 4.79 Å². The van der Waals surface area contributed by atoms with Gasteiger partial charge in [0.25, 0.3) is 0 Å². The van der Waals surface area contributed by atoms with Crippen molar-refractivity contribution in [1.29, 1.82) is 0 Å². The Labute approximate surface area is 194 Å². The second kappa shape index (κ2) is 12.0. The van der Waals surface area contributed by atoms with Crippen LogP contribution in [0.2, 0.25) is 10.0 Å². The van der Waals surface area contributed by atoms with Gasteiger partial charge < -0.3 is 18.9 Å². The molecule has 0 aliphatic heterocycles. The summed E-state index contributed by atoms with van der Waals surface area (Å²) in [6.07, 6.45) is 2.79. The molecule has 0 spiro atoms. The number of carbonyl (C=O) groups is 1. The fourth-order valence-corrected chi connectivity index (χ4v) is 3.17. The van der Waals surface area contributed by atoms with Gasteiger partial charge in [-0.2, -0.15) is 0 Å². The van der Waals surface area contributed by atoms with Crippen molar-refractivity contribution in [3.63, 3.8) is 0 Å². The van der Waals surface area contributed by atoms with Crippen LogP contribution in [0.4, 0.5) is 0 Å². The van der Waals surface area contributed by atoms with Crippen LogP contribution in [0.5, 0.6) is 11.5 Å². The summed E-state index contributed by atoms with van der Waals surface area (Å²) in [5.74, 6) is 0.185. The number of esters is 1. The Kier molecular flexibility index (Phi) is 9.66. The van der Waals surface area contributed by atoms with Crippen LogP contribution in [-0.2, 0) is 20.9 Å². The first-order valence-electron chi connectivity index (χ1n) is 8.52. The van der Waals surface area contributed by atoms with Crippen molar-refractivity contribution in [2.24, 2.45) is 0 Å². The highest BCUT2D eigenvalue weighted by Gasteiger charge is 2.17. The highest BCUT2D eigenvalue weighted by Crippen LogP contribution is 2.37. The van der Waals surface area contributed by atoms with Gasteiger partial charge in [0.1, 0.15) is 29.0 Å². The first-order valence-corrected chi connectivity index (χ1v) is 10.0. The van der Waals surface area contributed by atoms with E-state index in [-0.39, 0.29) is 39.1 Å². The van der Waals surface area contributed by atoms with Gasteiger partial charge in [0.05, 0.1) is 30.5 Å². The zero-order chi connectivity index (χ0) is 22.1. The van der Waals surface area contributed by atoms with Gasteiger partial charge in [-0.1, -0.05) is 70.7 Å². The molecule has 0 N–H and O–H groups in total. The van der Waals surface area contributed by atoms with E-state index in [2.05, 4.69) is 0 Å². The lowest BCUT2D eigenvalue weighted by Gasteiger charge is -2.14. The highest BCUT2D eigenvalue weighted by molar-refractivity contribution is 6.55. The monoisotopic (exact) mass is 490 g/mol. The number of carbonyl (C=O) groups excluding carboxylic acids is 1. The van der Waals surface area contributed by atoms with Crippen LogP contribution in [0.25, 0.3) is 5.57 Å². The van der Waals surface area contributed by atoms with Crippen LogP contribution >= 0.6 is 46.4 Å². The van der Waals surface area contributed by atoms with Gasteiger partial charge in [-0.3, -0.25) is 0 Å². The van der Waals surface area contributed by atoms with Crippen molar-refractivity contribution in [3.05, 3.63) is 74.4 Å². The van der Waals surface area contributed by atoms with E-state index < -0.39 is 5.97 Å². The second-order valence-corrected chi connectivity index (χ2v) is 7.55. The van der Waals surface area contributed by atoms with Crippen LogP contribution in [0.1, 0.15) is 11.1 Å². The Hall–Kier alpha value is -2.05. The lowest BCUT2D eigenvalue weighted by molar-refractivity contribution is -0.133. The third-order valence-corrected chi connectivity index (χ3v) is 4.65. The molecule has 0 unspecified atom stereocenters. The molecular weight excluding hydrogens is 474 g/mol. The summed E-state index contributed by atoms with van der Waals surface area (Å²) in [5, 5.41) is 0.527. The first kappa shape index (κ1) is 24.2. The van der Waals surface area contributed by atoms with Gasteiger partial charge in [0, 0.05) is 12.1 Å². The molecule has 0 heterocycles. The quantitative estimate of drug-likeness (QED) is 0.230. The fraction of sp³-hybridized carbons (Fsp3) is 0.190. The molecule has 0 aliphatic rings. The third kappa shape index (κ3) is 6.74. The Morgan fingerprint density at radius 1 is 1.03 bits per heavy atom. The SMILES string of the molecule is CO/C=C(/C(=O)OC)c1ccccc1COc1cc(Cl)c(OCC=C(Cl)Cl)c(Cl)c1. The van der Waals surface area contributed by atoms with Crippen LogP contribution in [-0.4, -0.2) is 26.8 Å². The second-order valence-electron chi connectivity index (χ2n) is 5.73. The molecule has 9 heteroatoms. The molecule has 0 amide bonds. The number of ether oxygens (including phenoxy) is 4. The summed E-state index contributed by atoms with van der Waals surface area (Å²) in [6, 6.07) is 10.4. The number of methoxy groups -OCH3 is 2. The molecule has 0 aromatic heterocycles. The fourth-order valence-electron chi connectivity index (χ4n) is 2.47. The molecule has 2 aromatic rings. The van der Waals surface area contributed by atoms with E-state index in [4.69, 9.17) is 65.4 Å². The number of halogens is 4. The van der Waals surface area contributed by atoms with E-state index in [0.29, 0.717) is 11.3 Å². The zero-order valence-corrected chi connectivity index (χ0v) is 19.1. The van der Waals surface area contributed by atoms with Gasteiger partial charge in [-0.05, 0) is 17.2 Å². The summed E-state index contributed by atoms with van der Waals surface area (Å²) in [5.41, 5.74) is 1.62. The first-order chi connectivity index (χ1) is 14.4. The molecule has 160 valence electrons. The van der Waals surface area contributed by atoms with Crippen molar-refractivity contribution >= 4 is 57.9 Å². The third-order valence-electron chi connectivity index (χ3n) is 3.78. The number of hydrogen-bond acceptors (Lipinski definition) is 5. The summed E-state index contributed by atoms with van der Waals surface area (Å²) in [7, 11) is 2.75. The van der Waals surface area contributed by atoms with Crippen molar-refractivity contribution < 1.29 is 23.7 Å². The average molecular weight is 492 g/mol. The minimum atomic E-state index is -0.525. The maximum atomic E-state index is 12.1. The van der Waals surface area contributed by atoms with Gasteiger partial charge in [0.2, 0.25) is 0 Å². The molecule has 30 heavy (non-hydrogen) atoms. The zero-order valence-electron chi connectivity index (χ0n) is 16.1. The summed E-state index contributed by atoms with van der Waals surface area (Å²) in [4.78, 5) is 12.1. The molecule has 0 saturated heterocycles. The molecule has 2 rings (SSSR count). The molecule has 0 aliphatic carbocycles. The van der Waals surface area contributed by atoms with E-state index in [0.717, 1.165) is 5.56 Å². The lowest BCUT2D eigenvalue weighted by atomic mass is 10.0. The van der Waals surface area contributed by atoms with E-state index in [1.807, 2.05) is 12.1 Å². The van der Waals surface area contributed by atoms with Crippen molar-refractivity contribution in [2.75, 3.05) is 20.8 Å².